The van der Waals surface area contributed by atoms with Crippen LogP contribution in [0, 0.1) is 0 Å². The van der Waals surface area contributed by atoms with Crippen molar-refractivity contribution < 1.29 is 8.42 Å². The van der Waals surface area contributed by atoms with Gasteiger partial charge in [0.15, 0.2) is 0 Å². The van der Waals surface area contributed by atoms with E-state index in [4.69, 9.17) is 0 Å². The Bertz CT molecular complexity index is 300. The van der Waals surface area contributed by atoms with E-state index >= 15 is 0 Å². The van der Waals surface area contributed by atoms with Gasteiger partial charge < -0.3 is 5.32 Å². The summed E-state index contributed by atoms with van der Waals surface area (Å²) in [6.45, 7) is 5.44. The maximum absolute atomic E-state index is 12.0. The largest absolute Gasteiger partial charge is 0.313 e. The van der Waals surface area contributed by atoms with Gasteiger partial charge in [-0.05, 0) is 6.42 Å². The molecule has 0 saturated carbocycles. The van der Waals surface area contributed by atoms with Crippen molar-refractivity contribution in [2.24, 2.45) is 0 Å². The summed E-state index contributed by atoms with van der Waals surface area (Å²) in [5.41, 5.74) is 0. The number of hydrogen-bond acceptors (Lipinski definition) is 3. The van der Waals surface area contributed by atoms with E-state index in [0.717, 1.165) is 19.5 Å². The summed E-state index contributed by atoms with van der Waals surface area (Å²) < 4.78 is 27.2. The Hall–Kier alpha value is -0.170. The minimum Gasteiger partial charge on any atom is -0.313 e. The highest BCUT2D eigenvalue weighted by molar-refractivity contribution is 7.86. The molecule has 2 aliphatic heterocycles. The minimum absolute atomic E-state index is 0.189. The molecule has 0 spiro atoms. The summed E-state index contributed by atoms with van der Waals surface area (Å²) in [7, 11) is -3.15. The van der Waals surface area contributed by atoms with E-state index < -0.39 is 10.2 Å². The van der Waals surface area contributed by atoms with E-state index in [2.05, 4.69) is 5.32 Å². The van der Waals surface area contributed by atoms with Crippen LogP contribution >= 0.6 is 0 Å². The molecule has 2 fully saturated rings. The summed E-state index contributed by atoms with van der Waals surface area (Å²) in [5.74, 6) is 0. The fourth-order valence-electron chi connectivity index (χ4n) is 1.95. The van der Waals surface area contributed by atoms with E-state index in [9.17, 15) is 8.42 Å². The molecule has 6 heteroatoms. The van der Waals surface area contributed by atoms with Crippen LogP contribution in [0.15, 0.2) is 0 Å². The zero-order valence-electron chi connectivity index (χ0n) is 8.44. The smallest absolute Gasteiger partial charge is 0.282 e. The van der Waals surface area contributed by atoms with Gasteiger partial charge in [-0.15, -0.1) is 0 Å². The van der Waals surface area contributed by atoms with Crippen LogP contribution in [0.4, 0.5) is 0 Å². The molecule has 2 aliphatic rings. The molecule has 2 heterocycles. The Kier molecular flexibility index (Phi) is 2.79. The quantitative estimate of drug-likeness (QED) is 0.663. The standard InChI is InChI=1S/C8H17N3O2S/c1-2-10-4-3-5-11(14(10,12)13)8-6-9-7-8/h8-9H,2-7H2,1H3. The lowest BCUT2D eigenvalue weighted by atomic mass is 10.2. The van der Waals surface area contributed by atoms with E-state index in [-0.39, 0.29) is 6.04 Å². The Labute approximate surface area is 85.2 Å². The van der Waals surface area contributed by atoms with Crippen molar-refractivity contribution in [1.29, 1.82) is 0 Å². The highest BCUT2D eigenvalue weighted by Crippen LogP contribution is 2.20. The Morgan fingerprint density at radius 1 is 1.36 bits per heavy atom. The lowest BCUT2D eigenvalue weighted by Crippen LogP contribution is -2.63. The molecule has 0 aromatic heterocycles. The molecule has 0 unspecified atom stereocenters. The summed E-state index contributed by atoms with van der Waals surface area (Å²) in [4.78, 5) is 0. The van der Waals surface area contributed by atoms with E-state index in [1.54, 1.807) is 8.61 Å². The molecule has 0 bridgehead atoms. The van der Waals surface area contributed by atoms with Crippen LogP contribution in [0.2, 0.25) is 0 Å². The van der Waals surface area contributed by atoms with Crippen molar-refractivity contribution in [2.75, 3.05) is 32.7 Å². The SMILES string of the molecule is CCN1CCCN(C2CNC2)S1(=O)=O. The third-order valence-electron chi connectivity index (χ3n) is 2.93. The third-order valence-corrected chi connectivity index (χ3v) is 5.10. The number of hydrogen-bond donors (Lipinski definition) is 1. The average molecular weight is 219 g/mol. The van der Waals surface area contributed by atoms with E-state index in [1.165, 1.54) is 0 Å². The van der Waals surface area contributed by atoms with Gasteiger partial charge in [0.25, 0.3) is 10.2 Å². The second kappa shape index (κ2) is 3.77. The van der Waals surface area contributed by atoms with Gasteiger partial charge in [-0.1, -0.05) is 6.92 Å². The third kappa shape index (κ3) is 1.56. The average Bonchev–Trinajstić information content (AvgIpc) is 2.05. The van der Waals surface area contributed by atoms with Crippen molar-refractivity contribution in [3.63, 3.8) is 0 Å². The highest BCUT2D eigenvalue weighted by atomic mass is 32.2. The van der Waals surface area contributed by atoms with Gasteiger partial charge in [0.05, 0.1) is 6.04 Å². The molecule has 2 rings (SSSR count). The number of nitrogens with zero attached hydrogens (tertiary/aromatic N) is 2. The van der Waals surface area contributed by atoms with Gasteiger partial charge in [0.1, 0.15) is 0 Å². The molecule has 0 aliphatic carbocycles. The molecule has 0 atom stereocenters. The topological polar surface area (TPSA) is 52.6 Å². The molecule has 0 amide bonds. The van der Waals surface area contributed by atoms with Crippen LogP contribution in [-0.2, 0) is 10.2 Å². The van der Waals surface area contributed by atoms with Gasteiger partial charge >= 0.3 is 0 Å². The van der Waals surface area contributed by atoms with Gasteiger partial charge in [-0.3, -0.25) is 0 Å². The highest BCUT2D eigenvalue weighted by Gasteiger charge is 2.39. The first-order valence-electron chi connectivity index (χ1n) is 5.14. The second-order valence-electron chi connectivity index (χ2n) is 3.78. The minimum atomic E-state index is -3.15. The Morgan fingerprint density at radius 3 is 2.57 bits per heavy atom. The first-order chi connectivity index (χ1) is 6.66. The van der Waals surface area contributed by atoms with Crippen LogP contribution in [0.5, 0.6) is 0 Å². The van der Waals surface area contributed by atoms with Crippen LogP contribution < -0.4 is 5.32 Å². The number of nitrogens with one attached hydrogen (secondary N) is 1. The number of rotatable bonds is 2. The summed E-state index contributed by atoms with van der Waals surface area (Å²) in [6, 6.07) is 0.189. The van der Waals surface area contributed by atoms with Gasteiger partial charge in [-0.2, -0.15) is 17.0 Å². The van der Waals surface area contributed by atoms with Crippen LogP contribution in [0.3, 0.4) is 0 Å². The van der Waals surface area contributed by atoms with Gasteiger partial charge in [0.2, 0.25) is 0 Å². The maximum atomic E-state index is 12.0. The molecular weight excluding hydrogens is 202 g/mol. The molecule has 82 valence electrons. The monoisotopic (exact) mass is 219 g/mol. The molecule has 0 aromatic carbocycles. The molecule has 0 aromatic rings. The molecule has 1 N–H and O–H groups in total. The van der Waals surface area contributed by atoms with Crippen molar-refractivity contribution >= 4 is 10.2 Å². The summed E-state index contributed by atoms with van der Waals surface area (Å²) >= 11 is 0. The van der Waals surface area contributed by atoms with Gasteiger partial charge in [0, 0.05) is 32.7 Å². The van der Waals surface area contributed by atoms with Crippen molar-refractivity contribution in [2.45, 2.75) is 19.4 Å². The van der Waals surface area contributed by atoms with E-state index in [1.807, 2.05) is 6.92 Å². The second-order valence-corrected chi connectivity index (χ2v) is 5.66. The van der Waals surface area contributed by atoms with Crippen LogP contribution in [0.25, 0.3) is 0 Å². The first-order valence-corrected chi connectivity index (χ1v) is 6.53. The first kappa shape index (κ1) is 10.4. The fraction of sp³-hybridized carbons (Fsp3) is 1.00. The normalized spacial score (nSPS) is 30.1. The van der Waals surface area contributed by atoms with Crippen LogP contribution in [0.1, 0.15) is 13.3 Å². The molecular formula is C8H17N3O2S. The maximum Gasteiger partial charge on any atom is 0.282 e. The van der Waals surface area contributed by atoms with Crippen molar-refractivity contribution in [1.82, 2.24) is 13.9 Å². The predicted octanol–water partition coefficient (Wildman–Crippen LogP) is -0.769. The lowest BCUT2D eigenvalue weighted by Gasteiger charge is -2.42. The van der Waals surface area contributed by atoms with Crippen molar-refractivity contribution in [3.8, 4) is 0 Å². The zero-order chi connectivity index (χ0) is 10.2. The zero-order valence-corrected chi connectivity index (χ0v) is 9.26. The molecule has 0 radical (unpaired) electrons. The van der Waals surface area contributed by atoms with E-state index in [0.29, 0.717) is 19.6 Å². The fourth-order valence-corrected chi connectivity index (χ4v) is 3.82. The Balaban J connectivity index is 2.15. The molecule has 5 nitrogen and oxygen atoms in total. The van der Waals surface area contributed by atoms with Gasteiger partial charge in [-0.25, -0.2) is 0 Å². The lowest BCUT2D eigenvalue weighted by molar-refractivity contribution is 0.197. The predicted molar refractivity (Wildman–Crippen MR) is 54.1 cm³/mol. The molecule has 14 heavy (non-hydrogen) atoms. The Morgan fingerprint density at radius 2 is 2.07 bits per heavy atom. The molecule has 2 saturated heterocycles. The van der Waals surface area contributed by atoms with Crippen LogP contribution in [-0.4, -0.2) is 55.8 Å². The van der Waals surface area contributed by atoms with Crippen molar-refractivity contribution in [3.05, 3.63) is 0 Å². The summed E-state index contributed by atoms with van der Waals surface area (Å²) in [5, 5.41) is 3.10. The summed E-state index contributed by atoms with van der Waals surface area (Å²) in [6.07, 6.45) is 0.948.